The van der Waals surface area contributed by atoms with Gasteiger partial charge in [0, 0.05) is 0 Å². The zero-order valence-corrected chi connectivity index (χ0v) is 17.0. The van der Waals surface area contributed by atoms with Gasteiger partial charge in [-0.15, -0.1) is 0 Å². The highest BCUT2D eigenvalue weighted by Gasteiger charge is 2.19. The van der Waals surface area contributed by atoms with Crippen LogP contribution in [0.25, 0.3) is 0 Å². The molecule has 144 valence electrons. The van der Waals surface area contributed by atoms with Crippen molar-refractivity contribution in [2.45, 2.75) is 20.3 Å². The Balaban J connectivity index is 2.02. The minimum Gasteiger partial charge on any atom is -0.491 e. The number of carboxylic acids is 1. The molecule has 0 unspecified atom stereocenters. The van der Waals surface area contributed by atoms with Crippen LogP contribution in [-0.2, 0) is 20.8 Å². The number of hydrogen-bond acceptors (Lipinski definition) is 6. The number of carboxylic acid groups (broad SMARTS) is 1. The Kier molecular flexibility index (Phi) is 7.31. The summed E-state index contributed by atoms with van der Waals surface area (Å²) in [7, 11) is 0. The number of carbonyl (C=O) groups is 3. The molecule has 8 nitrogen and oxygen atoms in total. The van der Waals surface area contributed by atoms with Gasteiger partial charge in [0.15, 0.2) is 5.13 Å². The first-order valence-corrected chi connectivity index (χ1v) is 9.58. The number of nitrogens with one attached hydrogen (secondary N) is 2. The van der Waals surface area contributed by atoms with Gasteiger partial charge in [0.1, 0.15) is 5.75 Å². The van der Waals surface area contributed by atoms with Crippen molar-refractivity contribution >= 4 is 55.9 Å². The number of halogens is 1. The summed E-state index contributed by atoms with van der Waals surface area (Å²) in [5.74, 6) is -2.08. The van der Waals surface area contributed by atoms with Gasteiger partial charge in [-0.25, -0.2) is 4.98 Å². The first kappa shape index (κ1) is 20.8. The van der Waals surface area contributed by atoms with Gasteiger partial charge in [-0.1, -0.05) is 37.3 Å². The summed E-state index contributed by atoms with van der Waals surface area (Å²) in [6, 6.07) is 6.81. The molecule has 3 N–H and O–H groups in total. The SMILES string of the molecule is CC(C)COc1ccccc1NC(=O)C(=O)Nc1nc(CC(=O)O)c(Br)s1. The van der Waals surface area contributed by atoms with E-state index >= 15 is 0 Å². The maximum absolute atomic E-state index is 12.2. The van der Waals surface area contributed by atoms with Gasteiger partial charge in [0.05, 0.1) is 28.2 Å². The lowest BCUT2D eigenvalue weighted by Gasteiger charge is -2.13. The molecular weight excluding hydrogens is 438 g/mol. The van der Waals surface area contributed by atoms with Crippen LogP contribution in [0, 0.1) is 5.92 Å². The first-order valence-electron chi connectivity index (χ1n) is 7.97. The highest BCUT2D eigenvalue weighted by atomic mass is 79.9. The monoisotopic (exact) mass is 455 g/mol. The Morgan fingerprint density at radius 2 is 1.89 bits per heavy atom. The molecule has 2 aromatic rings. The van der Waals surface area contributed by atoms with Crippen LogP contribution in [0.15, 0.2) is 28.1 Å². The number of amides is 2. The lowest BCUT2D eigenvalue weighted by atomic mass is 10.2. The lowest BCUT2D eigenvalue weighted by molar-refractivity contribution is -0.136. The van der Waals surface area contributed by atoms with Crippen molar-refractivity contribution in [2.24, 2.45) is 5.92 Å². The van der Waals surface area contributed by atoms with Crippen LogP contribution in [0.3, 0.4) is 0 Å². The van der Waals surface area contributed by atoms with E-state index in [4.69, 9.17) is 9.84 Å². The highest BCUT2D eigenvalue weighted by Crippen LogP contribution is 2.29. The third-order valence-electron chi connectivity index (χ3n) is 3.10. The largest absolute Gasteiger partial charge is 0.491 e. The standard InChI is InChI=1S/C17H18BrN3O5S/c1-9(2)8-26-12-6-4-3-5-10(12)19-15(24)16(25)21-17-20-11(7-13(22)23)14(18)27-17/h3-6,9H,7-8H2,1-2H3,(H,19,24)(H,22,23)(H,20,21,25). The molecule has 2 rings (SSSR count). The van der Waals surface area contributed by atoms with Gasteiger partial charge in [-0.3, -0.25) is 19.7 Å². The van der Waals surface area contributed by atoms with Gasteiger partial charge in [-0.2, -0.15) is 0 Å². The molecule has 0 atom stereocenters. The minimum atomic E-state index is -1.05. The molecule has 0 aliphatic heterocycles. The third-order valence-corrected chi connectivity index (χ3v) is 4.85. The molecule has 10 heteroatoms. The van der Waals surface area contributed by atoms with E-state index in [0.29, 0.717) is 27.7 Å². The second kappa shape index (κ2) is 9.47. The number of rotatable bonds is 7. The molecule has 1 heterocycles. The maximum Gasteiger partial charge on any atom is 0.315 e. The van der Waals surface area contributed by atoms with E-state index in [-0.39, 0.29) is 17.2 Å². The molecule has 1 aromatic carbocycles. The molecule has 0 bridgehead atoms. The van der Waals surface area contributed by atoms with Gasteiger partial charge < -0.3 is 15.2 Å². The summed E-state index contributed by atoms with van der Waals surface area (Å²) in [6.07, 6.45) is -0.292. The Morgan fingerprint density at radius 1 is 1.22 bits per heavy atom. The number of carbonyl (C=O) groups excluding carboxylic acids is 2. The van der Waals surface area contributed by atoms with Crippen LogP contribution < -0.4 is 15.4 Å². The van der Waals surface area contributed by atoms with Gasteiger partial charge in [-0.05, 0) is 34.0 Å². The second-order valence-electron chi connectivity index (χ2n) is 5.92. The molecule has 0 saturated heterocycles. The molecule has 27 heavy (non-hydrogen) atoms. The van der Waals surface area contributed by atoms with E-state index in [0.717, 1.165) is 11.3 Å². The molecular formula is C17H18BrN3O5S. The zero-order chi connectivity index (χ0) is 20.0. The van der Waals surface area contributed by atoms with Crippen molar-refractivity contribution in [1.82, 2.24) is 4.98 Å². The van der Waals surface area contributed by atoms with Crippen LogP contribution in [0.5, 0.6) is 5.75 Å². The average Bonchev–Trinajstić information content (AvgIpc) is 2.92. The Morgan fingerprint density at radius 3 is 2.56 bits per heavy atom. The van der Waals surface area contributed by atoms with Crippen molar-refractivity contribution < 1.29 is 24.2 Å². The highest BCUT2D eigenvalue weighted by molar-refractivity contribution is 9.11. The summed E-state index contributed by atoms with van der Waals surface area (Å²) in [4.78, 5) is 39.0. The van der Waals surface area contributed by atoms with Gasteiger partial charge in [0.2, 0.25) is 0 Å². The topological polar surface area (TPSA) is 118 Å². The third kappa shape index (κ3) is 6.33. The summed E-state index contributed by atoms with van der Waals surface area (Å²) >= 11 is 4.22. The Bertz CT molecular complexity index is 853. The number of aromatic nitrogens is 1. The average molecular weight is 456 g/mol. The van der Waals surface area contributed by atoms with Crippen LogP contribution in [-0.4, -0.2) is 34.5 Å². The summed E-state index contributed by atoms with van der Waals surface area (Å²) in [5, 5.41) is 13.8. The Hall–Kier alpha value is -2.46. The zero-order valence-electron chi connectivity index (χ0n) is 14.6. The number of aliphatic carboxylic acids is 1. The van der Waals surface area contributed by atoms with E-state index in [9.17, 15) is 14.4 Å². The van der Waals surface area contributed by atoms with Gasteiger partial charge >= 0.3 is 17.8 Å². The molecule has 0 aliphatic rings. The quantitative estimate of drug-likeness (QED) is 0.551. The number of benzene rings is 1. The van der Waals surface area contributed by atoms with Crippen molar-refractivity contribution in [2.75, 3.05) is 17.2 Å². The minimum absolute atomic E-state index is 0.127. The summed E-state index contributed by atoms with van der Waals surface area (Å²) < 4.78 is 6.11. The first-order chi connectivity index (χ1) is 12.8. The molecule has 0 saturated carbocycles. The molecule has 0 radical (unpaired) electrons. The fraction of sp³-hybridized carbons (Fsp3) is 0.294. The smallest absolute Gasteiger partial charge is 0.315 e. The van der Waals surface area contributed by atoms with Crippen LogP contribution in [0.4, 0.5) is 10.8 Å². The Labute approximate surface area is 168 Å². The van der Waals surface area contributed by atoms with Crippen LogP contribution >= 0.6 is 27.3 Å². The molecule has 1 aromatic heterocycles. The van der Waals surface area contributed by atoms with Crippen molar-refractivity contribution in [3.05, 3.63) is 33.7 Å². The maximum atomic E-state index is 12.2. The number of ether oxygens (including phenoxy) is 1. The molecule has 0 spiro atoms. The lowest BCUT2D eigenvalue weighted by Crippen LogP contribution is -2.29. The van der Waals surface area contributed by atoms with E-state index in [1.807, 2.05) is 13.8 Å². The predicted molar refractivity (Wildman–Crippen MR) is 105 cm³/mol. The number of para-hydroxylation sites is 2. The summed E-state index contributed by atoms with van der Waals surface area (Å²) in [6.45, 7) is 4.47. The normalized spacial score (nSPS) is 10.5. The predicted octanol–water partition coefficient (Wildman–Crippen LogP) is 3.14. The fourth-order valence-corrected chi connectivity index (χ4v) is 3.32. The van der Waals surface area contributed by atoms with Crippen molar-refractivity contribution in [3.8, 4) is 5.75 Å². The van der Waals surface area contributed by atoms with Crippen molar-refractivity contribution in [3.63, 3.8) is 0 Å². The van der Waals surface area contributed by atoms with Gasteiger partial charge in [0.25, 0.3) is 0 Å². The second-order valence-corrected chi connectivity index (χ2v) is 8.24. The van der Waals surface area contributed by atoms with E-state index < -0.39 is 17.8 Å². The van der Waals surface area contributed by atoms with Crippen LogP contribution in [0.2, 0.25) is 0 Å². The van der Waals surface area contributed by atoms with Crippen molar-refractivity contribution in [1.29, 1.82) is 0 Å². The van der Waals surface area contributed by atoms with E-state index in [1.165, 1.54) is 0 Å². The number of thiazole rings is 1. The molecule has 0 aliphatic carbocycles. The van der Waals surface area contributed by atoms with Crippen LogP contribution in [0.1, 0.15) is 19.5 Å². The summed E-state index contributed by atoms with van der Waals surface area (Å²) in [5.41, 5.74) is 0.654. The molecule has 0 fully saturated rings. The number of hydrogen-bond donors (Lipinski definition) is 3. The van der Waals surface area contributed by atoms with E-state index in [1.54, 1.807) is 24.3 Å². The number of anilines is 2. The molecule has 2 amide bonds. The number of nitrogens with zero attached hydrogens (tertiary/aromatic N) is 1. The van der Waals surface area contributed by atoms with E-state index in [2.05, 4.69) is 31.5 Å². The fourth-order valence-electron chi connectivity index (χ4n) is 1.92.